The summed E-state index contributed by atoms with van der Waals surface area (Å²) in [6.45, 7) is 2.01. The predicted octanol–water partition coefficient (Wildman–Crippen LogP) is 4.59. The highest BCUT2D eigenvalue weighted by atomic mass is 35.5. The lowest BCUT2D eigenvalue weighted by Gasteiger charge is -2.19. The molecule has 0 fully saturated rings. The fourth-order valence-electron chi connectivity index (χ4n) is 3.40. The molecule has 0 unspecified atom stereocenters. The van der Waals surface area contributed by atoms with E-state index in [0.717, 1.165) is 47.2 Å². The Morgan fingerprint density at radius 3 is 2.65 bits per heavy atom. The van der Waals surface area contributed by atoms with Crippen molar-refractivity contribution in [1.82, 2.24) is 9.78 Å². The first-order chi connectivity index (χ1) is 12.7. The van der Waals surface area contributed by atoms with Crippen molar-refractivity contribution >= 4 is 29.0 Å². The molecule has 0 saturated carbocycles. The van der Waals surface area contributed by atoms with Gasteiger partial charge in [-0.1, -0.05) is 29.3 Å². The number of aromatic nitrogens is 2. The molecule has 0 radical (unpaired) electrons. The second-order valence-electron chi connectivity index (χ2n) is 6.22. The van der Waals surface area contributed by atoms with Gasteiger partial charge in [0.1, 0.15) is 19.0 Å². The molecule has 5 rings (SSSR count). The fraction of sp³-hybridized carbons (Fsp3) is 0.211. The van der Waals surface area contributed by atoms with Crippen LogP contribution in [-0.2, 0) is 6.42 Å². The minimum absolute atomic E-state index is 0.526. The van der Waals surface area contributed by atoms with Gasteiger partial charge in [0.15, 0.2) is 11.5 Å². The van der Waals surface area contributed by atoms with Gasteiger partial charge in [-0.2, -0.15) is 5.10 Å². The first-order valence-corrected chi connectivity index (χ1v) is 9.17. The number of fused-ring (bicyclic) bond motifs is 2. The van der Waals surface area contributed by atoms with Crippen molar-refractivity contribution < 1.29 is 9.47 Å². The van der Waals surface area contributed by atoms with Crippen molar-refractivity contribution in [2.75, 3.05) is 25.1 Å². The number of hydrogen-bond acceptors (Lipinski definition) is 4. The summed E-state index contributed by atoms with van der Waals surface area (Å²) in [6, 6.07) is 11.5. The number of anilines is 1. The van der Waals surface area contributed by atoms with Gasteiger partial charge in [-0.3, -0.25) is 0 Å². The van der Waals surface area contributed by atoms with E-state index >= 15 is 0 Å². The van der Waals surface area contributed by atoms with Crippen LogP contribution in [0.2, 0.25) is 10.0 Å². The molecule has 0 bridgehead atoms. The van der Waals surface area contributed by atoms with E-state index in [1.165, 1.54) is 5.56 Å². The SMILES string of the molecule is Clc1ccc(-c2nn(-c3ccc4c(c3)OCCO4)c3c2CCN3)cc1Cl. The van der Waals surface area contributed by atoms with Gasteiger partial charge in [-0.05, 0) is 30.7 Å². The van der Waals surface area contributed by atoms with Crippen LogP contribution in [0.1, 0.15) is 5.56 Å². The quantitative estimate of drug-likeness (QED) is 0.698. The average molecular weight is 388 g/mol. The number of nitrogens with one attached hydrogen (secondary N) is 1. The van der Waals surface area contributed by atoms with Gasteiger partial charge in [-0.25, -0.2) is 4.68 Å². The van der Waals surface area contributed by atoms with Crippen LogP contribution >= 0.6 is 23.2 Å². The van der Waals surface area contributed by atoms with E-state index in [2.05, 4.69) is 5.32 Å². The van der Waals surface area contributed by atoms with Crippen LogP contribution in [-0.4, -0.2) is 29.5 Å². The van der Waals surface area contributed by atoms with Crippen molar-refractivity contribution in [3.63, 3.8) is 0 Å². The van der Waals surface area contributed by atoms with E-state index in [1.54, 1.807) is 6.07 Å². The molecule has 3 heterocycles. The number of rotatable bonds is 2. The highest BCUT2D eigenvalue weighted by Gasteiger charge is 2.25. The minimum Gasteiger partial charge on any atom is -0.486 e. The molecule has 2 aromatic carbocycles. The van der Waals surface area contributed by atoms with Gasteiger partial charge in [0.05, 0.1) is 21.4 Å². The van der Waals surface area contributed by atoms with E-state index < -0.39 is 0 Å². The van der Waals surface area contributed by atoms with Gasteiger partial charge in [-0.15, -0.1) is 0 Å². The number of halogens is 2. The Kier molecular flexibility index (Phi) is 3.72. The van der Waals surface area contributed by atoms with Crippen molar-refractivity contribution in [3.8, 4) is 28.4 Å². The van der Waals surface area contributed by atoms with E-state index in [1.807, 2.05) is 35.0 Å². The Morgan fingerprint density at radius 2 is 1.81 bits per heavy atom. The lowest BCUT2D eigenvalue weighted by Crippen LogP contribution is -2.15. The van der Waals surface area contributed by atoms with Gasteiger partial charge in [0.2, 0.25) is 0 Å². The molecule has 7 heteroatoms. The Balaban J connectivity index is 1.64. The third kappa shape index (κ3) is 2.50. The Bertz CT molecular complexity index is 1020. The maximum absolute atomic E-state index is 6.21. The summed E-state index contributed by atoms with van der Waals surface area (Å²) in [5.74, 6) is 2.51. The molecule has 1 aromatic heterocycles. The molecule has 0 atom stereocenters. The standard InChI is InChI=1S/C19H15Cl2N3O2/c20-14-3-1-11(9-15(14)21)18-13-5-6-22-19(13)24(23-18)12-2-4-16-17(10-12)26-8-7-25-16/h1-4,9-10,22H,5-8H2. The molecule has 2 aliphatic heterocycles. The molecule has 3 aromatic rings. The summed E-state index contributed by atoms with van der Waals surface area (Å²) in [4.78, 5) is 0. The van der Waals surface area contributed by atoms with E-state index in [0.29, 0.717) is 23.3 Å². The monoisotopic (exact) mass is 387 g/mol. The van der Waals surface area contributed by atoms with Crippen LogP contribution in [0.5, 0.6) is 11.5 Å². The van der Waals surface area contributed by atoms with Crippen LogP contribution in [0, 0.1) is 0 Å². The van der Waals surface area contributed by atoms with E-state index in [-0.39, 0.29) is 0 Å². The van der Waals surface area contributed by atoms with Crippen molar-refractivity contribution in [1.29, 1.82) is 0 Å². The second-order valence-corrected chi connectivity index (χ2v) is 7.04. The van der Waals surface area contributed by atoms with Crippen LogP contribution in [0.3, 0.4) is 0 Å². The first-order valence-electron chi connectivity index (χ1n) is 8.42. The molecule has 2 aliphatic rings. The topological polar surface area (TPSA) is 48.3 Å². The first kappa shape index (κ1) is 15.9. The zero-order valence-corrected chi connectivity index (χ0v) is 15.3. The van der Waals surface area contributed by atoms with Gasteiger partial charge in [0.25, 0.3) is 0 Å². The lowest BCUT2D eigenvalue weighted by molar-refractivity contribution is 0.171. The van der Waals surface area contributed by atoms with Crippen LogP contribution in [0.15, 0.2) is 36.4 Å². The summed E-state index contributed by atoms with van der Waals surface area (Å²) < 4.78 is 13.2. The van der Waals surface area contributed by atoms with Crippen molar-refractivity contribution in [3.05, 3.63) is 52.0 Å². The number of hydrogen-bond donors (Lipinski definition) is 1. The normalized spacial score (nSPS) is 14.8. The third-order valence-electron chi connectivity index (χ3n) is 4.61. The molecular weight excluding hydrogens is 373 g/mol. The smallest absolute Gasteiger partial charge is 0.163 e. The summed E-state index contributed by atoms with van der Waals surface area (Å²) in [5, 5.41) is 9.34. The van der Waals surface area contributed by atoms with E-state index in [9.17, 15) is 0 Å². The predicted molar refractivity (Wildman–Crippen MR) is 102 cm³/mol. The molecule has 0 saturated heterocycles. The van der Waals surface area contributed by atoms with Gasteiger partial charge >= 0.3 is 0 Å². The number of ether oxygens (including phenoxy) is 2. The molecule has 0 spiro atoms. The highest BCUT2D eigenvalue weighted by molar-refractivity contribution is 6.42. The summed E-state index contributed by atoms with van der Waals surface area (Å²) >= 11 is 12.3. The van der Waals surface area contributed by atoms with Crippen LogP contribution in [0.4, 0.5) is 5.82 Å². The van der Waals surface area contributed by atoms with Crippen molar-refractivity contribution in [2.45, 2.75) is 6.42 Å². The van der Waals surface area contributed by atoms with Gasteiger partial charge in [0, 0.05) is 23.7 Å². The molecule has 132 valence electrons. The lowest BCUT2D eigenvalue weighted by atomic mass is 10.1. The van der Waals surface area contributed by atoms with Crippen LogP contribution in [0.25, 0.3) is 16.9 Å². The Hall–Kier alpha value is -2.37. The Labute approximate surface area is 160 Å². The summed E-state index contributed by atoms with van der Waals surface area (Å²) in [6.07, 6.45) is 0.912. The fourth-order valence-corrected chi connectivity index (χ4v) is 3.70. The largest absolute Gasteiger partial charge is 0.486 e. The molecule has 1 N–H and O–H groups in total. The Morgan fingerprint density at radius 1 is 0.962 bits per heavy atom. The van der Waals surface area contributed by atoms with Gasteiger partial charge < -0.3 is 14.8 Å². The maximum Gasteiger partial charge on any atom is 0.163 e. The third-order valence-corrected chi connectivity index (χ3v) is 5.35. The molecular formula is C19H15Cl2N3O2. The average Bonchev–Trinajstić information content (AvgIpc) is 3.26. The molecule has 26 heavy (non-hydrogen) atoms. The molecule has 0 amide bonds. The van der Waals surface area contributed by atoms with Crippen LogP contribution < -0.4 is 14.8 Å². The highest BCUT2D eigenvalue weighted by Crippen LogP contribution is 2.38. The van der Waals surface area contributed by atoms with E-state index in [4.69, 9.17) is 37.8 Å². The second kappa shape index (κ2) is 6.11. The zero-order valence-electron chi connectivity index (χ0n) is 13.8. The molecule has 0 aliphatic carbocycles. The molecule has 5 nitrogen and oxygen atoms in total. The summed E-state index contributed by atoms with van der Waals surface area (Å²) in [7, 11) is 0. The zero-order chi connectivity index (χ0) is 17.7. The summed E-state index contributed by atoms with van der Waals surface area (Å²) in [5.41, 5.74) is 3.97. The number of nitrogens with zero attached hydrogens (tertiary/aromatic N) is 2. The van der Waals surface area contributed by atoms with Crippen molar-refractivity contribution in [2.24, 2.45) is 0 Å². The maximum atomic E-state index is 6.21. The number of benzene rings is 2. The minimum atomic E-state index is 0.526.